The Labute approximate surface area is 161 Å². The number of unbranched alkanes of at least 4 members (excludes halogenated alkanes) is 6. The van der Waals surface area contributed by atoms with E-state index in [1.165, 1.54) is 38.5 Å². The predicted octanol–water partition coefficient (Wildman–Crippen LogP) is 6.41. The van der Waals surface area contributed by atoms with Crippen LogP contribution in [-0.2, 0) is 4.84 Å². The first-order valence-corrected chi connectivity index (χ1v) is 10.2. The summed E-state index contributed by atoms with van der Waals surface area (Å²) >= 11 is 0. The van der Waals surface area contributed by atoms with Crippen molar-refractivity contribution in [3.63, 3.8) is 0 Å². The molecule has 1 radical (unpaired) electrons. The van der Waals surface area contributed by atoms with Gasteiger partial charge in [-0.3, -0.25) is 0 Å². The zero-order valence-corrected chi connectivity index (χ0v) is 16.2. The second-order valence-corrected chi connectivity index (χ2v) is 7.10. The summed E-state index contributed by atoms with van der Waals surface area (Å²) in [6.45, 7) is 2.93. The van der Waals surface area contributed by atoms with Crippen molar-refractivity contribution >= 4 is 27.5 Å². The van der Waals surface area contributed by atoms with Gasteiger partial charge < -0.3 is 0 Å². The van der Waals surface area contributed by atoms with Crippen LogP contribution >= 0.6 is 0 Å². The molecular formula is C24H29NO2+. The van der Waals surface area contributed by atoms with Gasteiger partial charge in [-0.1, -0.05) is 99.5 Å². The van der Waals surface area contributed by atoms with Gasteiger partial charge in [-0.05, 0) is 23.3 Å². The van der Waals surface area contributed by atoms with Crippen LogP contribution < -0.4 is 5.48 Å². The topological polar surface area (TPSA) is 41.2 Å². The minimum Gasteiger partial charge on any atom is -0.195 e. The van der Waals surface area contributed by atoms with E-state index in [1.54, 1.807) is 0 Å². The first kappa shape index (κ1) is 19.4. The molecule has 3 nitrogen and oxygen atoms in total. The average molecular weight is 364 g/mol. The molecule has 3 rings (SSSR count). The summed E-state index contributed by atoms with van der Waals surface area (Å²) in [5, 5.41) is 3.96. The van der Waals surface area contributed by atoms with Gasteiger partial charge >= 0.3 is 5.97 Å². The van der Waals surface area contributed by atoms with Crippen LogP contribution in [0.5, 0.6) is 0 Å². The summed E-state index contributed by atoms with van der Waals surface area (Å²) in [6.07, 6.45) is 8.68. The molecule has 0 amide bonds. The van der Waals surface area contributed by atoms with Gasteiger partial charge in [-0.2, -0.15) is 4.84 Å². The molecule has 0 saturated heterocycles. The SMILES string of the molecule is CCCCCCCCCNOC(=[O+])c1c2ccccc2cc2ccccc12. The largest absolute Gasteiger partial charge is 0.632 e. The van der Waals surface area contributed by atoms with Crippen molar-refractivity contribution in [2.75, 3.05) is 6.54 Å². The number of carbonyl (C=O) groups excluding carboxylic acids is 1. The van der Waals surface area contributed by atoms with E-state index in [2.05, 4.69) is 18.5 Å². The van der Waals surface area contributed by atoms with Crippen LogP contribution in [0.25, 0.3) is 21.5 Å². The van der Waals surface area contributed by atoms with E-state index in [-0.39, 0.29) is 5.97 Å². The molecule has 0 atom stereocenters. The molecule has 1 N–H and O–H groups in total. The number of hydrogen-bond donors (Lipinski definition) is 1. The lowest BCUT2D eigenvalue weighted by atomic mass is 9.97. The summed E-state index contributed by atoms with van der Waals surface area (Å²) in [7, 11) is 0. The van der Waals surface area contributed by atoms with Crippen LogP contribution in [0.15, 0.2) is 54.6 Å². The highest BCUT2D eigenvalue weighted by Crippen LogP contribution is 2.28. The monoisotopic (exact) mass is 363 g/mol. The molecule has 0 spiro atoms. The molecule has 0 saturated carbocycles. The van der Waals surface area contributed by atoms with Crippen LogP contribution in [-0.4, -0.2) is 12.5 Å². The molecule has 0 heterocycles. The number of carbonyl (C=O) groups is 1. The number of nitrogens with one attached hydrogen (secondary N) is 1. The lowest BCUT2D eigenvalue weighted by Gasteiger charge is -2.06. The third-order valence-corrected chi connectivity index (χ3v) is 5.02. The Morgan fingerprint density at radius 1 is 0.815 bits per heavy atom. The van der Waals surface area contributed by atoms with Gasteiger partial charge in [0.1, 0.15) is 5.56 Å². The van der Waals surface area contributed by atoms with Gasteiger partial charge in [0.15, 0.2) is 0 Å². The van der Waals surface area contributed by atoms with Crippen LogP contribution in [0.4, 0.5) is 0 Å². The van der Waals surface area contributed by atoms with Gasteiger partial charge in [0.25, 0.3) is 0 Å². The van der Waals surface area contributed by atoms with Crippen molar-refractivity contribution < 1.29 is 9.63 Å². The third kappa shape index (κ3) is 5.08. The summed E-state index contributed by atoms with van der Waals surface area (Å²) in [5.74, 6) is -0.314. The fourth-order valence-electron chi connectivity index (χ4n) is 3.56. The van der Waals surface area contributed by atoms with Gasteiger partial charge in [-0.15, -0.1) is 0 Å². The molecule has 0 bridgehead atoms. The summed E-state index contributed by atoms with van der Waals surface area (Å²) < 4.78 is 0. The van der Waals surface area contributed by atoms with E-state index >= 15 is 0 Å². The smallest absolute Gasteiger partial charge is 0.195 e. The van der Waals surface area contributed by atoms with Crippen molar-refractivity contribution in [1.82, 2.24) is 5.48 Å². The van der Waals surface area contributed by atoms with Gasteiger partial charge in [0.05, 0.1) is 11.3 Å². The molecule has 3 aromatic rings. The van der Waals surface area contributed by atoms with Crippen molar-refractivity contribution in [3.8, 4) is 0 Å². The number of rotatable bonds is 10. The molecule has 0 aliphatic rings. The maximum absolute atomic E-state index is 12.8. The lowest BCUT2D eigenvalue weighted by molar-refractivity contribution is 0.0256. The van der Waals surface area contributed by atoms with Crippen molar-refractivity contribution in [2.24, 2.45) is 0 Å². The van der Waals surface area contributed by atoms with E-state index < -0.39 is 0 Å². The minimum atomic E-state index is -0.314. The summed E-state index contributed by atoms with van der Waals surface area (Å²) in [6, 6.07) is 18.0. The highest BCUT2D eigenvalue weighted by Gasteiger charge is 2.27. The molecular weight excluding hydrogens is 334 g/mol. The number of hydroxylamine groups is 1. The van der Waals surface area contributed by atoms with E-state index in [0.717, 1.165) is 28.0 Å². The van der Waals surface area contributed by atoms with Crippen LogP contribution in [0.1, 0.15) is 62.2 Å². The Morgan fingerprint density at radius 3 is 2.00 bits per heavy atom. The van der Waals surface area contributed by atoms with Gasteiger partial charge in [-0.25, -0.2) is 0 Å². The Morgan fingerprint density at radius 2 is 1.37 bits per heavy atom. The fourth-order valence-corrected chi connectivity index (χ4v) is 3.56. The molecule has 27 heavy (non-hydrogen) atoms. The number of fused-ring (bicyclic) bond motifs is 2. The van der Waals surface area contributed by atoms with E-state index in [0.29, 0.717) is 12.1 Å². The van der Waals surface area contributed by atoms with Gasteiger partial charge in [0, 0.05) is 10.8 Å². The molecule has 3 aromatic carbocycles. The standard InChI is InChI=1S/C24H29NO2/c1-2-3-4-5-6-7-12-17-25-27-24(26)23-21-15-10-8-13-19(21)18-20-14-9-11-16-22(20)23/h8-11,13-16,18,25H,2-7,12,17H2,1H3/q+1. The first-order valence-electron chi connectivity index (χ1n) is 10.2. The van der Waals surface area contributed by atoms with Crippen LogP contribution in [0, 0.1) is 0 Å². The highest BCUT2D eigenvalue weighted by atomic mass is 16.7. The van der Waals surface area contributed by atoms with Crippen molar-refractivity contribution in [1.29, 1.82) is 0 Å². The fraction of sp³-hybridized carbons (Fsp3) is 0.375. The maximum Gasteiger partial charge on any atom is 0.632 e. The Balaban J connectivity index is 1.60. The Kier molecular flexibility index (Phi) is 7.23. The molecule has 3 heteroatoms. The summed E-state index contributed by atoms with van der Waals surface area (Å²) in [5.41, 5.74) is 3.50. The predicted molar refractivity (Wildman–Crippen MR) is 113 cm³/mol. The quantitative estimate of drug-likeness (QED) is 0.196. The Bertz CT molecular complexity index is 834. The maximum atomic E-state index is 12.8. The summed E-state index contributed by atoms with van der Waals surface area (Å²) in [4.78, 5) is 18.2. The van der Waals surface area contributed by atoms with E-state index in [1.807, 2.05) is 48.5 Å². The molecule has 0 unspecified atom stereocenters. The van der Waals surface area contributed by atoms with Crippen molar-refractivity contribution in [2.45, 2.75) is 51.9 Å². The molecule has 0 aliphatic heterocycles. The Hall–Kier alpha value is -2.39. The lowest BCUT2D eigenvalue weighted by Crippen LogP contribution is -2.21. The van der Waals surface area contributed by atoms with E-state index in [4.69, 9.17) is 4.84 Å². The highest BCUT2D eigenvalue weighted by molar-refractivity contribution is 6.16. The third-order valence-electron chi connectivity index (χ3n) is 5.02. The van der Waals surface area contributed by atoms with Gasteiger partial charge in [0.2, 0.25) is 0 Å². The molecule has 0 fully saturated rings. The molecule has 0 aromatic heterocycles. The van der Waals surface area contributed by atoms with Crippen molar-refractivity contribution in [3.05, 3.63) is 60.2 Å². The first-order chi connectivity index (χ1) is 13.3. The normalized spacial score (nSPS) is 11.1. The van der Waals surface area contributed by atoms with E-state index in [9.17, 15) is 4.79 Å². The van der Waals surface area contributed by atoms with Crippen LogP contribution in [0.3, 0.4) is 0 Å². The number of benzene rings is 3. The second-order valence-electron chi connectivity index (χ2n) is 7.10. The number of hydrogen-bond acceptors (Lipinski definition) is 3. The zero-order valence-electron chi connectivity index (χ0n) is 16.2. The van der Waals surface area contributed by atoms with Crippen LogP contribution in [0.2, 0.25) is 0 Å². The second kappa shape index (κ2) is 10.1. The minimum absolute atomic E-state index is 0.314. The molecule has 0 aliphatic carbocycles. The zero-order chi connectivity index (χ0) is 18.9. The average Bonchev–Trinajstić information content (AvgIpc) is 2.70. The molecule has 141 valence electrons.